The molecular formula is C18H28N2O. The van der Waals surface area contributed by atoms with Gasteiger partial charge in [0.2, 0.25) is 0 Å². The summed E-state index contributed by atoms with van der Waals surface area (Å²) < 4.78 is 5.23. The number of piperidine rings is 1. The summed E-state index contributed by atoms with van der Waals surface area (Å²) >= 11 is 0. The van der Waals surface area contributed by atoms with E-state index in [1.54, 1.807) is 0 Å². The Labute approximate surface area is 128 Å². The third-order valence-electron chi connectivity index (χ3n) is 4.75. The average molecular weight is 288 g/mol. The van der Waals surface area contributed by atoms with Crippen molar-refractivity contribution in [3.05, 3.63) is 35.4 Å². The van der Waals surface area contributed by atoms with Crippen molar-refractivity contribution in [2.75, 3.05) is 32.8 Å². The summed E-state index contributed by atoms with van der Waals surface area (Å²) in [5.74, 6) is 0.850. The van der Waals surface area contributed by atoms with Crippen LogP contribution in [0.4, 0.5) is 0 Å². The maximum absolute atomic E-state index is 5.23. The van der Waals surface area contributed by atoms with Crippen LogP contribution in [0, 0.1) is 5.92 Å². The van der Waals surface area contributed by atoms with E-state index >= 15 is 0 Å². The fourth-order valence-corrected chi connectivity index (χ4v) is 3.12. The quantitative estimate of drug-likeness (QED) is 0.781. The molecule has 1 N–H and O–H groups in total. The fraction of sp³-hybridized carbons (Fsp3) is 0.667. The van der Waals surface area contributed by atoms with Gasteiger partial charge in [0.05, 0.1) is 12.7 Å². The van der Waals surface area contributed by atoms with Gasteiger partial charge in [-0.25, -0.2) is 0 Å². The predicted octanol–water partition coefficient (Wildman–Crippen LogP) is 2.45. The topological polar surface area (TPSA) is 27.8 Å². The lowest BCUT2D eigenvalue weighted by atomic mass is 9.96. The zero-order chi connectivity index (χ0) is 14.5. The molecule has 3 nitrogen and oxygen atoms in total. The van der Waals surface area contributed by atoms with Gasteiger partial charge < -0.3 is 10.1 Å². The van der Waals surface area contributed by atoms with E-state index in [0.29, 0.717) is 6.10 Å². The van der Waals surface area contributed by atoms with Crippen LogP contribution < -0.4 is 5.32 Å². The highest BCUT2D eigenvalue weighted by Crippen LogP contribution is 2.19. The van der Waals surface area contributed by atoms with E-state index in [4.69, 9.17) is 4.74 Å². The van der Waals surface area contributed by atoms with Gasteiger partial charge in [-0.05, 0) is 55.9 Å². The molecule has 0 amide bonds. The monoisotopic (exact) mass is 288 g/mol. The highest BCUT2D eigenvalue weighted by molar-refractivity contribution is 5.22. The zero-order valence-corrected chi connectivity index (χ0v) is 13.2. The summed E-state index contributed by atoms with van der Waals surface area (Å²) in [6.07, 6.45) is 4.29. The Kier molecular flexibility index (Phi) is 5.28. The molecule has 0 spiro atoms. The Balaban J connectivity index is 1.36. The van der Waals surface area contributed by atoms with Crippen LogP contribution in [-0.4, -0.2) is 43.8 Å². The van der Waals surface area contributed by atoms with Gasteiger partial charge in [-0.3, -0.25) is 4.90 Å². The summed E-state index contributed by atoms with van der Waals surface area (Å²) in [5, 5.41) is 3.55. The number of ether oxygens (including phenoxy) is 1. The minimum absolute atomic E-state index is 0.510. The number of rotatable bonds is 7. The van der Waals surface area contributed by atoms with Crippen molar-refractivity contribution in [1.82, 2.24) is 10.2 Å². The molecule has 3 rings (SSSR count). The van der Waals surface area contributed by atoms with E-state index in [1.807, 2.05) is 0 Å². The van der Waals surface area contributed by atoms with E-state index in [-0.39, 0.29) is 0 Å². The Morgan fingerprint density at radius 3 is 2.38 bits per heavy atom. The number of likely N-dealkylation sites (tertiary alicyclic amines) is 1. The van der Waals surface area contributed by atoms with Gasteiger partial charge in [0.15, 0.2) is 0 Å². The van der Waals surface area contributed by atoms with Gasteiger partial charge in [-0.2, -0.15) is 0 Å². The highest BCUT2D eigenvalue weighted by atomic mass is 16.6. The molecule has 0 radical (unpaired) electrons. The average Bonchev–Trinajstić information content (AvgIpc) is 3.34. The molecule has 0 saturated carbocycles. The molecule has 1 aromatic rings. The Morgan fingerprint density at radius 1 is 1.10 bits per heavy atom. The number of hydrogen-bond acceptors (Lipinski definition) is 3. The molecule has 2 aliphatic rings. The summed E-state index contributed by atoms with van der Waals surface area (Å²) in [6, 6.07) is 9.13. The van der Waals surface area contributed by atoms with Crippen molar-refractivity contribution in [2.24, 2.45) is 5.92 Å². The lowest BCUT2D eigenvalue weighted by molar-refractivity contribution is 0.175. The Bertz CT molecular complexity index is 419. The summed E-state index contributed by atoms with van der Waals surface area (Å²) in [4.78, 5) is 2.60. The maximum atomic E-state index is 5.23. The van der Waals surface area contributed by atoms with Crippen LogP contribution >= 0.6 is 0 Å². The molecule has 1 unspecified atom stereocenters. The van der Waals surface area contributed by atoms with E-state index in [1.165, 1.54) is 43.6 Å². The summed E-state index contributed by atoms with van der Waals surface area (Å²) in [6.45, 7) is 8.97. The molecule has 3 heteroatoms. The molecule has 0 aliphatic carbocycles. The van der Waals surface area contributed by atoms with Crippen LogP contribution in [0.2, 0.25) is 0 Å². The van der Waals surface area contributed by atoms with Gasteiger partial charge in [0.1, 0.15) is 0 Å². The lowest BCUT2D eigenvalue weighted by Crippen LogP contribution is -2.37. The van der Waals surface area contributed by atoms with E-state index < -0.39 is 0 Å². The Hall–Kier alpha value is -0.900. The first kappa shape index (κ1) is 15.0. The van der Waals surface area contributed by atoms with Gasteiger partial charge in [-0.1, -0.05) is 31.2 Å². The molecule has 0 bridgehead atoms. The molecule has 0 aromatic heterocycles. The second kappa shape index (κ2) is 7.39. The lowest BCUT2D eigenvalue weighted by Gasteiger charge is -2.32. The number of nitrogens with zero attached hydrogens (tertiary/aromatic N) is 1. The van der Waals surface area contributed by atoms with Crippen molar-refractivity contribution in [1.29, 1.82) is 0 Å². The number of epoxide rings is 1. The molecule has 2 aliphatic heterocycles. The minimum atomic E-state index is 0.510. The first-order valence-corrected chi connectivity index (χ1v) is 8.46. The first-order valence-electron chi connectivity index (χ1n) is 8.46. The van der Waals surface area contributed by atoms with E-state index in [0.717, 1.165) is 32.0 Å². The Morgan fingerprint density at radius 2 is 1.76 bits per heavy atom. The normalized spacial score (nSPS) is 23.4. The van der Waals surface area contributed by atoms with Crippen LogP contribution in [0.3, 0.4) is 0 Å². The molecule has 116 valence electrons. The number of aryl methyl sites for hydroxylation is 1. The molecule has 1 atom stereocenters. The number of benzene rings is 1. The second-order valence-corrected chi connectivity index (χ2v) is 6.50. The van der Waals surface area contributed by atoms with Crippen LogP contribution in [0.5, 0.6) is 0 Å². The van der Waals surface area contributed by atoms with Crippen LogP contribution in [-0.2, 0) is 17.7 Å². The van der Waals surface area contributed by atoms with Crippen molar-refractivity contribution < 1.29 is 4.74 Å². The zero-order valence-electron chi connectivity index (χ0n) is 13.2. The van der Waals surface area contributed by atoms with E-state index in [2.05, 4.69) is 41.4 Å². The molecule has 2 fully saturated rings. The minimum Gasteiger partial charge on any atom is -0.372 e. The first-order chi connectivity index (χ1) is 10.3. The largest absolute Gasteiger partial charge is 0.372 e. The summed E-state index contributed by atoms with van der Waals surface area (Å²) in [7, 11) is 0. The highest BCUT2D eigenvalue weighted by Gasteiger charge is 2.23. The van der Waals surface area contributed by atoms with Crippen molar-refractivity contribution in [3.63, 3.8) is 0 Å². The van der Waals surface area contributed by atoms with Crippen LogP contribution in [0.1, 0.15) is 30.9 Å². The number of nitrogens with one attached hydrogen (secondary N) is 1. The third kappa shape index (κ3) is 4.80. The predicted molar refractivity (Wildman–Crippen MR) is 86.4 cm³/mol. The standard InChI is InChI=1S/C18H28N2O/c1-2-15-3-5-17(6-4-15)13-20-9-7-16(8-10-20)11-19-12-18-14-21-18/h3-6,16,18-19H,2,7-14H2,1H3. The second-order valence-electron chi connectivity index (χ2n) is 6.50. The van der Waals surface area contributed by atoms with Gasteiger partial charge in [-0.15, -0.1) is 0 Å². The third-order valence-corrected chi connectivity index (χ3v) is 4.75. The van der Waals surface area contributed by atoms with Gasteiger partial charge in [0, 0.05) is 13.1 Å². The maximum Gasteiger partial charge on any atom is 0.0933 e. The number of hydrogen-bond donors (Lipinski definition) is 1. The molecule has 1 aromatic carbocycles. The molecule has 2 saturated heterocycles. The van der Waals surface area contributed by atoms with Crippen LogP contribution in [0.15, 0.2) is 24.3 Å². The van der Waals surface area contributed by atoms with Gasteiger partial charge >= 0.3 is 0 Å². The molecule has 2 heterocycles. The van der Waals surface area contributed by atoms with Gasteiger partial charge in [0.25, 0.3) is 0 Å². The summed E-state index contributed by atoms with van der Waals surface area (Å²) in [5.41, 5.74) is 2.89. The van der Waals surface area contributed by atoms with Crippen LogP contribution in [0.25, 0.3) is 0 Å². The fourth-order valence-electron chi connectivity index (χ4n) is 3.12. The van der Waals surface area contributed by atoms with Crippen molar-refractivity contribution >= 4 is 0 Å². The van der Waals surface area contributed by atoms with Crippen molar-refractivity contribution in [3.8, 4) is 0 Å². The SMILES string of the molecule is CCc1ccc(CN2CCC(CNCC3CO3)CC2)cc1. The molecular weight excluding hydrogens is 260 g/mol. The molecule has 21 heavy (non-hydrogen) atoms. The van der Waals surface area contributed by atoms with Crippen molar-refractivity contribution in [2.45, 2.75) is 38.8 Å². The van der Waals surface area contributed by atoms with E-state index in [9.17, 15) is 0 Å². The smallest absolute Gasteiger partial charge is 0.0933 e.